The molecule has 2 aromatic heterocycles. The molecule has 17 heavy (non-hydrogen) atoms. The minimum absolute atomic E-state index is 0.673. The lowest BCUT2D eigenvalue weighted by atomic mass is 10.1. The van der Waals surface area contributed by atoms with Gasteiger partial charge in [-0.15, -0.1) is 11.3 Å². The number of hydrogen-bond acceptors (Lipinski definition) is 4. The number of rotatable bonds is 2. The van der Waals surface area contributed by atoms with Crippen LogP contribution >= 0.6 is 11.3 Å². The third kappa shape index (κ3) is 1.92. The van der Waals surface area contributed by atoms with Gasteiger partial charge < -0.3 is 5.11 Å². The van der Waals surface area contributed by atoms with Crippen molar-refractivity contribution < 1.29 is 5.11 Å². The summed E-state index contributed by atoms with van der Waals surface area (Å²) in [5.74, 6) is 0. The van der Waals surface area contributed by atoms with Crippen LogP contribution in [0.2, 0.25) is 0 Å². The molecule has 3 nitrogen and oxygen atoms in total. The van der Waals surface area contributed by atoms with Gasteiger partial charge in [-0.25, -0.2) is 4.98 Å². The van der Waals surface area contributed by atoms with E-state index in [4.69, 9.17) is 0 Å². The number of aromatic nitrogens is 2. The van der Waals surface area contributed by atoms with E-state index in [1.807, 2.05) is 35.7 Å². The predicted molar refractivity (Wildman–Crippen MR) is 67.9 cm³/mol. The molecule has 2 heterocycles. The van der Waals surface area contributed by atoms with Gasteiger partial charge in [0.15, 0.2) is 0 Å². The number of para-hydroxylation sites is 1. The molecule has 0 radical (unpaired) electrons. The maximum absolute atomic E-state index is 10.1. The molecule has 0 aliphatic heterocycles. The van der Waals surface area contributed by atoms with Crippen molar-refractivity contribution in [3.63, 3.8) is 0 Å². The van der Waals surface area contributed by atoms with Crippen molar-refractivity contribution in [2.75, 3.05) is 0 Å². The van der Waals surface area contributed by atoms with Crippen molar-refractivity contribution in [2.24, 2.45) is 0 Å². The molecule has 1 atom stereocenters. The molecular weight excluding hydrogens is 232 g/mol. The highest BCUT2D eigenvalue weighted by Gasteiger charge is 2.12. The first-order valence-electron chi connectivity index (χ1n) is 5.25. The Bertz CT molecular complexity index is 637. The fourth-order valence-electron chi connectivity index (χ4n) is 1.77. The lowest BCUT2D eigenvalue weighted by Crippen LogP contribution is -2.00. The first-order valence-corrected chi connectivity index (χ1v) is 6.20. The van der Waals surface area contributed by atoms with Crippen LogP contribution in [0.25, 0.3) is 10.9 Å². The van der Waals surface area contributed by atoms with E-state index >= 15 is 0 Å². The highest BCUT2D eigenvalue weighted by molar-refractivity contribution is 7.07. The second kappa shape index (κ2) is 4.24. The molecule has 3 rings (SSSR count). The third-order valence-corrected chi connectivity index (χ3v) is 3.26. The van der Waals surface area contributed by atoms with Crippen LogP contribution in [0, 0.1) is 0 Å². The van der Waals surface area contributed by atoms with E-state index in [1.54, 1.807) is 11.7 Å². The fraction of sp³-hybridized carbons (Fsp3) is 0.0769. The summed E-state index contributed by atoms with van der Waals surface area (Å²) >= 11 is 1.47. The molecule has 4 heteroatoms. The second-order valence-electron chi connectivity index (χ2n) is 3.78. The molecule has 1 unspecified atom stereocenters. The number of thiazole rings is 1. The van der Waals surface area contributed by atoms with Crippen LogP contribution in [-0.4, -0.2) is 15.1 Å². The van der Waals surface area contributed by atoms with Crippen LogP contribution in [0.1, 0.15) is 17.4 Å². The second-order valence-corrected chi connectivity index (χ2v) is 4.50. The minimum atomic E-state index is -0.696. The van der Waals surface area contributed by atoms with Gasteiger partial charge in [-0.05, 0) is 12.1 Å². The molecule has 0 aliphatic rings. The largest absolute Gasteiger partial charge is 0.382 e. The van der Waals surface area contributed by atoms with E-state index in [1.165, 1.54) is 11.3 Å². The Kier molecular flexibility index (Phi) is 2.59. The van der Waals surface area contributed by atoms with Gasteiger partial charge in [0.25, 0.3) is 0 Å². The fourth-order valence-corrected chi connectivity index (χ4v) is 2.34. The zero-order chi connectivity index (χ0) is 11.7. The van der Waals surface area contributed by atoms with Crippen LogP contribution in [0.5, 0.6) is 0 Å². The first-order chi connectivity index (χ1) is 8.34. The molecule has 1 N–H and O–H groups in total. The van der Waals surface area contributed by atoms with Crippen molar-refractivity contribution >= 4 is 22.2 Å². The summed E-state index contributed by atoms with van der Waals surface area (Å²) in [6.45, 7) is 0. The van der Waals surface area contributed by atoms with E-state index < -0.39 is 6.10 Å². The van der Waals surface area contributed by atoms with E-state index in [0.29, 0.717) is 5.69 Å². The summed E-state index contributed by atoms with van der Waals surface area (Å²) in [6.07, 6.45) is 1.00. The van der Waals surface area contributed by atoms with Crippen molar-refractivity contribution in [1.29, 1.82) is 0 Å². The molecule has 0 amide bonds. The highest BCUT2D eigenvalue weighted by atomic mass is 32.1. The van der Waals surface area contributed by atoms with Gasteiger partial charge in [0, 0.05) is 22.5 Å². The van der Waals surface area contributed by atoms with Crippen molar-refractivity contribution in [2.45, 2.75) is 6.10 Å². The Morgan fingerprint density at radius 2 is 2.06 bits per heavy atom. The van der Waals surface area contributed by atoms with Gasteiger partial charge in [0.05, 0.1) is 16.7 Å². The van der Waals surface area contributed by atoms with Crippen molar-refractivity contribution in [1.82, 2.24) is 9.97 Å². The van der Waals surface area contributed by atoms with Gasteiger partial charge in [-0.2, -0.15) is 0 Å². The summed E-state index contributed by atoms with van der Waals surface area (Å²) in [4.78, 5) is 8.44. The monoisotopic (exact) mass is 242 g/mol. The molecule has 3 aromatic rings. The third-order valence-electron chi connectivity index (χ3n) is 2.66. The lowest BCUT2D eigenvalue weighted by Gasteiger charge is -2.08. The Morgan fingerprint density at radius 1 is 1.18 bits per heavy atom. The number of nitrogens with zero attached hydrogens (tertiary/aromatic N) is 2. The number of benzene rings is 1. The SMILES string of the molecule is OC(c1cnc2ccccc2c1)c1cscn1. The number of fused-ring (bicyclic) bond motifs is 1. The molecule has 84 valence electrons. The van der Waals surface area contributed by atoms with E-state index in [0.717, 1.165) is 16.5 Å². The summed E-state index contributed by atoms with van der Waals surface area (Å²) in [6, 6.07) is 9.80. The normalized spacial score (nSPS) is 12.8. The number of aliphatic hydroxyl groups is 1. The summed E-state index contributed by atoms with van der Waals surface area (Å²) in [7, 11) is 0. The molecule has 0 saturated heterocycles. The minimum Gasteiger partial charge on any atom is -0.382 e. The summed E-state index contributed by atoms with van der Waals surface area (Å²) in [5.41, 5.74) is 4.09. The number of pyridine rings is 1. The smallest absolute Gasteiger partial charge is 0.123 e. The van der Waals surface area contributed by atoms with Gasteiger partial charge in [0.2, 0.25) is 0 Å². The van der Waals surface area contributed by atoms with Crippen molar-refractivity contribution in [3.8, 4) is 0 Å². The number of aliphatic hydroxyl groups excluding tert-OH is 1. The predicted octanol–water partition coefficient (Wildman–Crippen LogP) is 2.77. The van der Waals surface area contributed by atoms with Gasteiger partial charge >= 0.3 is 0 Å². The molecule has 0 saturated carbocycles. The van der Waals surface area contributed by atoms with Crippen molar-refractivity contribution in [3.05, 3.63) is 58.7 Å². The Balaban J connectivity index is 2.06. The number of hydrogen-bond donors (Lipinski definition) is 1. The standard InChI is InChI=1S/C13H10N2OS/c16-13(12-7-17-8-15-12)10-5-9-3-1-2-4-11(9)14-6-10/h1-8,13,16H. The average Bonchev–Trinajstić information content (AvgIpc) is 2.91. The van der Waals surface area contributed by atoms with Crippen LogP contribution in [-0.2, 0) is 0 Å². The van der Waals surface area contributed by atoms with E-state index in [2.05, 4.69) is 9.97 Å². The van der Waals surface area contributed by atoms with Gasteiger partial charge in [0.1, 0.15) is 6.10 Å². The molecular formula is C13H10N2OS. The zero-order valence-corrected chi connectivity index (χ0v) is 9.76. The summed E-state index contributed by atoms with van der Waals surface area (Å²) in [5, 5.41) is 13.0. The van der Waals surface area contributed by atoms with E-state index in [-0.39, 0.29) is 0 Å². The first kappa shape index (κ1) is 10.4. The molecule has 1 aromatic carbocycles. The maximum atomic E-state index is 10.1. The maximum Gasteiger partial charge on any atom is 0.123 e. The topological polar surface area (TPSA) is 46.0 Å². The van der Waals surface area contributed by atoms with Crippen LogP contribution in [0.4, 0.5) is 0 Å². The van der Waals surface area contributed by atoms with E-state index in [9.17, 15) is 5.11 Å². The molecule has 0 bridgehead atoms. The molecule has 0 aliphatic carbocycles. The van der Waals surface area contributed by atoms with Gasteiger partial charge in [-0.3, -0.25) is 4.98 Å². The Labute approximate surface area is 102 Å². The lowest BCUT2D eigenvalue weighted by molar-refractivity contribution is 0.216. The quantitative estimate of drug-likeness (QED) is 0.751. The zero-order valence-electron chi connectivity index (χ0n) is 8.95. The van der Waals surface area contributed by atoms with Crippen LogP contribution < -0.4 is 0 Å². The van der Waals surface area contributed by atoms with Crippen LogP contribution in [0.15, 0.2) is 47.4 Å². The molecule has 0 spiro atoms. The molecule has 0 fully saturated rings. The van der Waals surface area contributed by atoms with Crippen LogP contribution in [0.3, 0.4) is 0 Å². The Hall–Kier alpha value is -1.78. The highest BCUT2D eigenvalue weighted by Crippen LogP contribution is 2.23. The summed E-state index contributed by atoms with van der Waals surface area (Å²) < 4.78 is 0. The van der Waals surface area contributed by atoms with Gasteiger partial charge in [-0.1, -0.05) is 18.2 Å². The average molecular weight is 242 g/mol. The Morgan fingerprint density at radius 3 is 2.88 bits per heavy atom.